The van der Waals surface area contributed by atoms with Crippen LogP contribution in [0.15, 0.2) is 48.8 Å². The maximum absolute atomic E-state index is 12.9. The lowest BCUT2D eigenvalue weighted by Crippen LogP contribution is -2.34. The fourth-order valence-electron chi connectivity index (χ4n) is 3.12. The van der Waals surface area contributed by atoms with Crippen molar-refractivity contribution in [3.63, 3.8) is 0 Å². The van der Waals surface area contributed by atoms with Gasteiger partial charge in [-0.05, 0) is 54.8 Å². The third kappa shape index (κ3) is 4.49. The summed E-state index contributed by atoms with van der Waals surface area (Å²) in [7, 11) is -3.69. The van der Waals surface area contributed by atoms with Gasteiger partial charge >= 0.3 is 0 Å². The van der Waals surface area contributed by atoms with Gasteiger partial charge in [0.1, 0.15) is 5.69 Å². The zero-order valence-corrected chi connectivity index (χ0v) is 18.6. The molecule has 0 unspecified atom stereocenters. The number of halogens is 3. The van der Waals surface area contributed by atoms with Gasteiger partial charge in [0.05, 0.1) is 16.0 Å². The van der Waals surface area contributed by atoms with Gasteiger partial charge < -0.3 is 4.57 Å². The number of benzene rings is 1. The molecule has 6 nitrogen and oxygen atoms in total. The molecular weight excluding hydrogens is 469 g/mol. The Bertz CT molecular complexity index is 1240. The summed E-state index contributed by atoms with van der Waals surface area (Å²) in [5.41, 5.74) is 2.15. The fourth-order valence-corrected chi connectivity index (χ4v) is 4.95. The van der Waals surface area contributed by atoms with E-state index in [-0.39, 0.29) is 12.2 Å². The van der Waals surface area contributed by atoms with Crippen molar-refractivity contribution in [3.8, 4) is 11.3 Å². The van der Waals surface area contributed by atoms with E-state index in [9.17, 15) is 13.2 Å². The Morgan fingerprint density at radius 1 is 1.07 bits per heavy atom. The molecule has 1 N–H and O–H groups in total. The average molecular weight is 485 g/mol. The molecule has 30 heavy (non-hydrogen) atoms. The minimum atomic E-state index is -3.69. The minimum absolute atomic E-state index is 0.172. The Hall–Kier alpha value is -2.06. The molecule has 1 aliphatic carbocycles. The SMILES string of the molecule is O=C(NS(=O)(=O)C1CC1)c1ccc(-c2cncc(Cl)c2)n1Cc1cc(Cl)ccc1Cl. The summed E-state index contributed by atoms with van der Waals surface area (Å²) in [5.74, 6) is -0.707. The van der Waals surface area contributed by atoms with Crippen LogP contribution >= 0.6 is 34.8 Å². The molecule has 0 radical (unpaired) electrons. The molecule has 1 fully saturated rings. The molecule has 1 aromatic carbocycles. The molecule has 0 atom stereocenters. The summed E-state index contributed by atoms with van der Waals surface area (Å²) < 4.78 is 28.4. The van der Waals surface area contributed by atoms with Crippen LogP contribution in [0.5, 0.6) is 0 Å². The lowest BCUT2D eigenvalue weighted by atomic mass is 10.2. The molecule has 2 aromatic heterocycles. The number of carbonyl (C=O) groups is 1. The van der Waals surface area contributed by atoms with Gasteiger partial charge in [0, 0.05) is 34.5 Å². The van der Waals surface area contributed by atoms with Crippen molar-refractivity contribution in [1.82, 2.24) is 14.3 Å². The number of amides is 1. The molecule has 0 bridgehead atoms. The number of carbonyl (C=O) groups excluding carboxylic acids is 1. The second kappa shape index (κ2) is 8.23. The van der Waals surface area contributed by atoms with Crippen LogP contribution in [-0.4, -0.2) is 29.1 Å². The van der Waals surface area contributed by atoms with Gasteiger partial charge in [0.2, 0.25) is 10.0 Å². The average Bonchev–Trinajstić information content (AvgIpc) is 3.46. The van der Waals surface area contributed by atoms with Crippen LogP contribution in [0.3, 0.4) is 0 Å². The van der Waals surface area contributed by atoms with Gasteiger partial charge in [-0.2, -0.15) is 0 Å². The Labute approximate surface area is 188 Å². The number of aromatic nitrogens is 2. The van der Waals surface area contributed by atoms with E-state index in [1.165, 1.54) is 6.20 Å². The quantitative estimate of drug-likeness (QED) is 0.546. The van der Waals surface area contributed by atoms with Crippen LogP contribution in [0.1, 0.15) is 28.9 Å². The van der Waals surface area contributed by atoms with Gasteiger partial charge in [0.15, 0.2) is 0 Å². The van der Waals surface area contributed by atoms with E-state index in [0.29, 0.717) is 44.7 Å². The van der Waals surface area contributed by atoms with Crippen molar-refractivity contribution < 1.29 is 13.2 Å². The molecule has 0 spiro atoms. The highest BCUT2D eigenvalue weighted by Gasteiger charge is 2.37. The normalized spacial score (nSPS) is 14.0. The number of pyridine rings is 1. The van der Waals surface area contributed by atoms with Crippen LogP contribution in [0.25, 0.3) is 11.3 Å². The smallest absolute Gasteiger partial charge is 0.281 e. The largest absolute Gasteiger partial charge is 0.332 e. The van der Waals surface area contributed by atoms with E-state index in [4.69, 9.17) is 34.8 Å². The van der Waals surface area contributed by atoms with Crippen LogP contribution in [0, 0.1) is 0 Å². The first-order valence-electron chi connectivity index (χ1n) is 9.05. The molecule has 4 rings (SSSR count). The first kappa shape index (κ1) is 21.2. The zero-order chi connectivity index (χ0) is 21.5. The van der Waals surface area contributed by atoms with E-state index >= 15 is 0 Å². The Kier molecular flexibility index (Phi) is 5.81. The number of nitrogens with one attached hydrogen (secondary N) is 1. The van der Waals surface area contributed by atoms with Crippen molar-refractivity contribution in [3.05, 3.63) is 75.1 Å². The molecule has 1 saturated carbocycles. The van der Waals surface area contributed by atoms with E-state index in [1.807, 2.05) is 0 Å². The van der Waals surface area contributed by atoms with Crippen molar-refractivity contribution in [2.45, 2.75) is 24.6 Å². The second-order valence-corrected chi connectivity index (χ2v) is 10.2. The molecule has 1 aliphatic rings. The first-order chi connectivity index (χ1) is 14.2. The first-order valence-corrected chi connectivity index (χ1v) is 11.7. The topological polar surface area (TPSA) is 81.1 Å². The van der Waals surface area contributed by atoms with Gasteiger partial charge in [-0.1, -0.05) is 34.8 Å². The van der Waals surface area contributed by atoms with Gasteiger partial charge in [-0.3, -0.25) is 9.78 Å². The number of sulfonamides is 1. The number of nitrogens with zero attached hydrogens (tertiary/aromatic N) is 2. The molecule has 2 heterocycles. The Balaban J connectivity index is 1.78. The van der Waals surface area contributed by atoms with Crippen molar-refractivity contribution in [2.75, 3.05) is 0 Å². The van der Waals surface area contributed by atoms with E-state index in [0.717, 1.165) is 0 Å². The lowest BCUT2D eigenvalue weighted by Gasteiger charge is -2.15. The summed E-state index contributed by atoms with van der Waals surface area (Å²) in [4.78, 5) is 17.0. The molecule has 1 amide bonds. The summed E-state index contributed by atoms with van der Waals surface area (Å²) >= 11 is 18.5. The zero-order valence-electron chi connectivity index (χ0n) is 15.5. The second-order valence-electron chi connectivity index (χ2n) is 6.99. The third-order valence-corrected chi connectivity index (χ3v) is 7.38. The van der Waals surface area contributed by atoms with Gasteiger partial charge in [0.25, 0.3) is 5.91 Å². The van der Waals surface area contributed by atoms with Crippen LogP contribution in [-0.2, 0) is 16.6 Å². The number of hydrogen-bond acceptors (Lipinski definition) is 4. The van der Waals surface area contributed by atoms with Crippen molar-refractivity contribution in [1.29, 1.82) is 0 Å². The van der Waals surface area contributed by atoms with Gasteiger partial charge in [-0.25, -0.2) is 13.1 Å². The lowest BCUT2D eigenvalue weighted by molar-refractivity contribution is 0.0973. The van der Waals surface area contributed by atoms with E-state index < -0.39 is 21.2 Å². The van der Waals surface area contributed by atoms with E-state index in [1.54, 1.807) is 47.2 Å². The maximum Gasteiger partial charge on any atom is 0.281 e. The van der Waals surface area contributed by atoms with Crippen LogP contribution < -0.4 is 4.72 Å². The van der Waals surface area contributed by atoms with Gasteiger partial charge in [-0.15, -0.1) is 0 Å². The molecular formula is C20H16Cl3N3O3S. The molecule has 156 valence electrons. The highest BCUT2D eigenvalue weighted by atomic mass is 35.5. The monoisotopic (exact) mass is 483 g/mol. The van der Waals surface area contributed by atoms with E-state index in [2.05, 4.69) is 9.71 Å². The fraction of sp³-hybridized carbons (Fsp3) is 0.200. The predicted octanol–water partition coefficient (Wildman–Crippen LogP) is 4.78. The van der Waals surface area contributed by atoms with Crippen LogP contribution in [0.2, 0.25) is 15.1 Å². The molecule has 0 saturated heterocycles. The summed E-state index contributed by atoms with van der Waals surface area (Å²) in [6, 6.07) is 10.0. The minimum Gasteiger partial charge on any atom is -0.332 e. The summed E-state index contributed by atoms with van der Waals surface area (Å²) in [6.07, 6.45) is 4.23. The molecule has 10 heteroatoms. The van der Waals surface area contributed by atoms with Crippen LogP contribution in [0.4, 0.5) is 0 Å². The summed E-state index contributed by atoms with van der Waals surface area (Å²) in [5, 5.41) is 0.891. The van der Waals surface area contributed by atoms with Crippen molar-refractivity contribution >= 4 is 50.7 Å². The summed E-state index contributed by atoms with van der Waals surface area (Å²) in [6.45, 7) is 0.195. The third-order valence-electron chi connectivity index (χ3n) is 4.75. The highest BCUT2D eigenvalue weighted by molar-refractivity contribution is 7.91. The standard InChI is InChI=1S/C20H16Cl3N3O3S/c21-14-1-4-17(23)13(8-14)11-26-18(12-7-15(22)10-24-9-12)5-6-19(26)20(27)25-30(28,29)16-2-3-16/h1,4-10,16H,2-3,11H2,(H,25,27). The predicted molar refractivity (Wildman–Crippen MR) is 118 cm³/mol. The highest BCUT2D eigenvalue weighted by Crippen LogP contribution is 2.30. The Morgan fingerprint density at radius 3 is 2.53 bits per heavy atom. The number of hydrogen-bond donors (Lipinski definition) is 1. The molecule has 3 aromatic rings. The Morgan fingerprint density at radius 2 is 1.83 bits per heavy atom. The number of rotatable bonds is 6. The molecule has 0 aliphatic heterocycles. The maximum atomic E-state index is 12.9. The van der Waals surface area contributed by atoms with Crippen molar-refractivity contribution in [2.24, 2.45) is 0 Å².